The summed E-state index contributed by atoms with van der Waals surface area (Å²) in [5, 5.41) is 9.07. The lowest BCUT2D eigenvalue weighted by atomic mass is 10.0. The highest BCUT2D eigenvalue weighted by atomic mass is 32.2. The summed E-state index contributed by atoms with van der Waals surface area (Å²) in [6.45, 7) is 1.61. The molecule has 1 aliphatic heterocycles. The number of nitrogens with zero attached hydrogens (tertiary/aromatic N) is 1. The number of sulfone groups is 1. The van der Waals surface area contributed by atoms with Crippen LogP contribution in [-0.2, 0) is 14.6 Å². The number of carboxylic acids is 1. The van der Waals surface area contributed by atoms with Crippen molar-refractivity contribution in [2.24, 2.45) is 0 Å². The minimum atomic E-state index is -3.23. The van der Waals surface area contributed by atoms with Crippen molar-refractivity contribution in [1.29, 1.82) is 0 Å². The van der Waals surface area contributed by atoms with E-state index in [4.69, 9.17) is 5.11 Å². The van der Waals surface area contributed by atoms with E-state index in [0.29, 0.717) is 16.9 Å². The van der Waals surface area contributed by atoms with Gasteiger partial charge < -0.3 is 5.11 Å². The van der Waals surface area contributed by atoms with E-state index in [0.717, 1.165) is 0 Å². The fraction of sp³-hybridized carbons (Fsp3) is 0.462. The van der Waals surface area contributed by atoms with E-state index in [-0.39, 0.29) is 11.8 Å². The van der Waals surface area contributed by atoms with Crippen molar-refractivity contribution in [1.82, 2.24) is 4.90 Å². The number of aliphatic carboxylic acids is 1. The zero-order valence-electron chi connectivity index (χ0n) is 10.9. The maximum Gasteiger partial charge on any atom is 0.320 e. The molecule has 0 aliphatic carbocycles. The van der Waals surface area contributed by atoms with E-state index in [1.165, 1.54) is 0 Å². The molecular formula is C13H17NO4S. The van der Waals surface area contributed by atoms with Crippen LogP contribution >= 0.6 is 0 Å². The van der Waals surface area contributed by atoms with Gasteiger partial charge in [-0.05, 0) is 32.0 Å². The van der Waals surface area contributed by atoms with Crippen molar-refractivity contribution in [3.05, 3.63) is 29.8 Å². The second kappa shape index (κ2) is 4.94. The van der Waals surface area contributed by atoms with Crippen LogP contribution in [0.15, 0.2) is 29.2 Å². The third-order valence-electron chi connectivity index (χ3n) is 3.73. The van der Waals surface area contributed by atoms with Crippen molar-refractivity contribution in [2.45, 2.75) is 30.3 Å². The van der Waals surface area contributed by atoms with Crippen LogP contribution in [0.4, 0.5) is 0 Å². The van der Waals surface area contributed by atoms with Crippen LogP contribution in [0.1, 0.15) is 24.9 Å². The van der Waals surface area contributed by atoms with E-state index in [2.05, 4.69) is 0 Å². The Morgan fingerprint density at radius 3 is 2.68 bits per heavy atom. The maximum absolute atomic E-state index is 12.0. The molecule has 0 fully saturated rings. The zero-order valence-corrected chi connectivity index (χ0v) is 11.7. The van der Waals surface area contributed by atoms with Gasteiger partial charge in [0.15, 0.2) is 9.84 Å². The number of benzene rings is 1. The molecule has 1 N–H and O–H groups in total. The monoisotopic (exact) mass is 283 g/mol. The van der Waals surface area contributed by atoms with Gasteiger partial charge in [-0.2, -0.15) is 0 Å². The molecule has 1 heterocycles. The van der Waals surface area contributed by atoms with E-state index >= 15 is 0 Å². The maximum atomic E-state index is 12.0. The van der Waals surface area contributed by atoms with Gasteiger partial charge in [-0.3, -0.25) is 9.69 Å². The first kappa shape index (κ1) is 14.0. The standard InChI is InChI=1S/C13H17NO4S/c1-9(13(15)16)14(2)11-7-8-19(17,18)12-6-4-3-5-10(11)12/h3-6,9,11H,7-8H2,1-2H3,(H,15,16). The number of likely N-dealkylation sites (N-methyl/N-ethyl adjacent to an activating group) is 1. The summed E-state index contributed by atoms with van der Waals surface area (Å²) in [5.74, 6) is -0.848. The number of carbonyl (C=O) groups is 1. The number of fused-ring (bicyclic) bond motifs is 1. The molecule has 2 unspecified atom stereocenters. The molecule has 0 bridgehead atoms. The molecule has 2 rings (SSSR count). The van der Waals surface area contributed by atoms with E-state index in [1.807, 2.05) is 0 Å². The first-order chi connectivity index (χ1) is 8.84. The summed E-state index contributed by atoms with van der Waals surface area (Å²) in [5.41, 5.74) is 0.698. The highest BCUT2D eigenvalue weighted by Gasteiger charge is 2.34. The summed E-state index contributed by atoms with van der Waals surface area (Å²) in [7, 11) is -1.51. The third kappa shape index (κ3) is 2.50. The molecule has 0 radical (unpaired) electrons. The Balaban J connectivity index is 2.43. The van der Waals surface area contributed by atoms with Gasteiger partial charge in [0.05, 0.1) is 10.6 Å². The van der Waals surface area contributed by atoms with Crippen LogP contribution < -0.4 is 0 Å². The molecule has 19 heavy (non-hydrogen) atoms. The molecule has 1 aromatic rings. The quantitative estimate of drug-likeness (QED) is 0.905. The fourth-order valence-corrected chi connectivity index (χ4v) is 4.04. The molecule has 0 spiro atoms. The van der Waals surface area contributed by atoms with Gasteiger partial charge in [-0.1, -0.05) is 18.2 Å². The van der Waals surface area contributed by atoms with Crippen molar-refractivity contribution in [3.8, 4) is 0 Å². The lowest BCUT2D eigenvalue weighted by Crippen LogP contribution is -2.41. The second-order valence-corrected chi connectivity index (χ2v) is 6.92. The van der Waals surface area contributed by atoms with Crippen LogP contribution in [-0.4, -0.2) is 43.2 Å². The van der Waals surface area contributed by atoms with Gasteiger partial charge in [-0.15, -0.1) is 0 Å². The SMILES string of the molecule is CC(C(=O)O)N(C)C1CCS(=O)(=O)c2ccccc21. The van der Waals surface area contributed by atoms with Crippen LogP contribution in [0.25, 0.3) is 0 Å². The third-order valence-corrected chi connectivity index (χ3v) is 5.55. The number of rotatable bonds is 3. The molecular weight excluding hydrogens is 266 g/mol. The fourth-order valence-electron chi connectivity index (χ4n) is 2.44. The minimum absolute atomic E-state index is 0.0609. The van der Waals surface area contributed by atoms with Crippen molar-refractivity contribution in [2.75, 3.05) is 12.8 Å². The highest BCUT2D eigenvalue weighted by Crippen LogP contribution is 2.35. The molecule has 1 aliphatic rings. The van der Waals surface area contributed by atoms with Crippen LogP contribution in [0.2, 0.25) is 0 Å². The first-order valence-electron chi connectivity index (χ1n) is 6.11. The van der Waals surface area contributed by atoms with Crippen LogP contribution in [0, 0.1) is 0 Å². The topological polar surface area (TPSA) is 74.7 Å². The Morgan fingerprint density at radius 1 is 1.42 bits per heavy atom. The molecule has 2 atom stereocenters. The average Bonchev–Trinajstić information content (AvgIpc) is 2.37. The summed E-state index contributed by atoms with van der Waals surface area (Å²) in [4.78, 5) is 13.1. The lowest BCUT2D eigenvalue weighted by molar-refractivity contribution is -0.143. The van der Waals surface area contributed by atoms with Crippen LogP contribution in [0.3, 0.4) is 0 Å². The normalized spacial score (nSPS) is 22.8. The Bertz CT molecular complexity index is 596. The van der Waals surface area contributed by atoms with Crippen molar-refractivity contribution < 1.29 is 18.3 Å². The van der Waals surface area contributed by atoms with Gasteiger partial charge in [0.2, 0.25) is 0 Å². The minimum Gasteiger partial charge on any atom is -0.480 e. The Morgan fingerprint density at radius 2 is 2.05 bits per heavy atom. The number of hydrogen-bond donors (Lipinski definition) is 1. The van der Waals surface area contributed by atoms with E-state index in [9.17, 15) is 13.2 Å². The summed E-state index contributed by atoms with van der Waals surface area (Å²) in [6.07, 6.45) is 0.424. The Kier molecular flexibility index (Phi) is 3.64. The largest absolute Gasteiger partial charge is 0.480 e. The highest BCUT2D eigenvalue weighted by molar-refractivity contribution is 7.91. The van der Waals surface area contributed by atoms with Gasteiger partial charge >= 0.3 is 5.97 Å². The molecule has 0 saturated carbocycles. The van der Waals surface area contributed by atoms with Gasteiger partial charge in [0.1, 0.15) is 6.04 Å². The zero-order chi connectivity index (χ0) is 14.2. The Hall–Kier alpha value is -1.40. The van der Waals surface area contributed by atoms with Crippen molar-refractivity contribution in [3.63, 3.8) is 0 Å². The van der Waals surface area contributed by atoms with E-state index in [1.54, 1.807) is 43.1 Å². The molecule has 6 heteroatoms. The predicted octanol–water partition coefficient (Wildman–Crippen LogP) is 1.31. The van der Waals surface area contributed by atoms with Crippen LogP contribution in [0.5, 0.6) is 0 Å². The molecule has 0 amide bonds. The van der Waals surface area contributed by atoms with Crippen molar-refractivity contribution >= 4 is 15.8 Å². The smallest absolute Gasteiger partial charge is 0.320 e. The summed E-state index contributed by atoms with van der Waals surface area (Å²) >= 11 is 0. The second-order valence-electron chi connectivity index (χ2n) is 4.84. The first-order valence-corrected chi connectivity index (χ1v) is 7.76. The lowest BCUT2D eigenvalue weighted by Gasteiger charge is -2.35. The summed E-state index contributed by atoms with van der Waals surface area (Å²) in [6, 6.07) is 6.01. The molecule has 5 nitrogen and oxygen atoms in total. The van der Waals surface area contributed by atoms with Gasteiger partial charge in [-0.25, -0.2) is 8.42 Å². The molecule has 1 aromatic carbocycles. The molecule has 0 aromatic heterocycles. The molecule has 0 saturated heterocycles. The number of carboxylic acid groups (broad SMARTS) is 1. The predicted molar refractivity (Wildman–Crippen MR) is 70.7 cm³/mol. The molecule has 104 valence electrons. The summed E-state index contributed by atoms with van der Waals surface area (Å²) < 4.78 is 24.0. The number of hydrogen-bond acceptors (Lipinski definition) is 4. The van der Waals surface area contributed by atoms with Gasteiger partial charge in [0.25, 0.3) is 0 Å². The average molecular weight is 283 g/mol. The van der Waals surface area contributed by atoms with Gasteiger partial charge in [0, 0.05) is 6.04 Å². The Labute approximate surface area is 112 Å². The van der Waals surface area contributed by atoms with E-state index < -0.39 is 21.8 Å².